The van der Waals surface area contributed by atoms with Crippen LogP contribution in [-0.2, 0) is 6.42 Å². The largest absolute Gasteiger partial charge is 0.364 e. The van der Waals surface area contributed by atoms with E-state index in [1.807, 2.05) is 53.0 Å². The molecule has 0 atom stereocenters. The number of aromatic amines is 1. The fourth-order valence-corrected chi connectivity index (χ4v) is 0.913. The highest BCUT2D eigenvalue weighted by Crippen LogP contribution is 2.07. The summed E-state index contributed by atoms with van der Waals surface area (Å²) in [5.74, 6) is 0. The topological polar surface area (TPSA) is 15.8 Å². The molecule has 0 unspecified atom stereocenters. The van der Waals surface area contributed by atoms with Crippen LogP contribution in [0.3, 0.4) is 0 Å². The number of allylic oxidation sites excluding steroid dienone is 1. The summed E-state index contributed by atoms with van der Waals surface area (Å²) in [6.45, 7) is 19.1. The Kier molecular flexibility index (Phi) is 24.4. The molecule has 0 saturated heterocycles. The summed E-state index contributed by atoms with van der Waals surface area (Å²) in [6, 6.07) is 2.03. The second kappa shape index (κ2) is 19.4. The second-order valence-corrected chi connectivity index (χ2v) is 2.38. The van der Waals surface area contributed by atoms with E-state index in [9.17, 15) is 0 Å². The van der Waals surface area contributed by atoms with E-state index in [1.54, 1.807) is 6.08 Å². The lowest BCUT2D eigenvalue weighted by molar-refractivity contribution is 1.06. The Hall–Kier alpha value is -1.24. The molecule has 0 amide bonds. The molecule has 0 aliphatic heterocycles. The summed E-state index contributed by atoms with van der Waals surface area (Å²) in [6.07, 6.45) is 6.61. The van der Waals surface area contributed by atoms with Crippen LogP contribution in [0.15, 0.2) is 31.5 Å². The zero-order chi connectivity index (χ0) is 13.4. The van der Waals surface area contributed by atoms with Crippen LogP contribution in [0.5, 0.6) is 0 Å². The zero-order valence-electron chi connectivity index (χ0n) is 11.9. The highest BCUT2D eigenvalue weighted by atomic mass is 14.7. The molecule has 0 aromatic carbocycles. The van der Waals surface area contributed by atoms with Crippen molar-refractivity contribution in [2.75, 3.05) is 0 Å². The molecule has 0 bridgehead atoms. The summed E-state index contributed by atoms with van der Waals surface area (Å²) >= 11 is 0. The van der Waals surface area contributed by atoms with Gasteiger partial charge in [-0.15, -0.1) is 6.58 Å². The number of hydrogen-bond acceptors (Lipinski definition) is 0. The van der Waals surface area contributed by atoms with E-state index >= 15 is 0 Å². The van der Waals surface area contributed by atoms with Gasteiger partial charge in [0.05, 0.1) is 0 Å². The lowest BCUT2D eigenvalue weighted by Crippen LogP contribution is -1.80. The van der Waals surface area contributed by atoms with E-state index in [4.69, 9.17) is 0 Å². The first-order valence-electron chi connectivity index (χ1n) is 6.15. The van der Waals surface area contributed by atoms with Crippen LogP contribution in [0.1, 0.15) is 52.8 Å². The summed E-state index contributed by atoms with van der Waals surface area (Å²) in [5.41, 5.74) is 2.49. The van der Waals surface area contributed by atoms with Crippen molar-refractivity contribution in [3.63, 3.8) is 0 Å². The molecule has 94 valence electrons. The van der Waals surface area contributed by atoms with Gasteiger partial charge >= 0.3 is 0 Å². The maximum atomic E-state index is 3.69. The summed E-state index contributed by atoms with van der Waals surface area (Å²) in [7, 11) is 0. The lowest BCUT2D eigenvalue weighted by Gasteiger charge is -1.90. The fraction of sp³-hybridized carbons (Fsp3) is 0.467. The maximum absolute atomic E-state index is 3.69. The normalized spacial score (nSPS) is 6.88. The highest BCUT2D eigenvalue weighted by molar-refractivity contribution is 5.49. The Morgan fingerprint density at radius 2 is 1.62 bits per heavy atom. The Labute approximate surface area is 102 Å². The number of aryl methyl sites for hydroxylation is 1. The Morgan fingerprint density at radius 3 is 1.88 bits per heavy atom. The number of hydrogen-bond donors (Lipinski definition) is 1. The van der Waals surface area contributed by atoms with Gasteiger partial charge in [0, 0.05) is 11.9 Å². The third-order valence-electron chi connectivity index (χ3n) is 1.44. The molecular weight excluding hydrogens is 194 g/mol. The summed E-state index contributed by atoms with van der Waals surface area (Å²) < 4.78 is 0. The molecule has 1 heterocycles. The van der Waals surface area contributed by atoms with Crippen LogP contribution in [0.4, 0.5) is 0 Å². The van der Waals surface area contributed by atoms with Gasteiger partial charge in [-0.3, -0.25) is 0 Å². The molecule has 1 nitrogen and oxygen atoms in total. The van der Waals surface area contributed by atoms with E-state index in [0.717, 1.165) is 6.42 Å². The molecule has 1 N–H and O–H groups in total. The standard InChI is InChI=1S/C8H11N.C3H6.2C2H6/c1-3-7-5-6-9-8(7)4-2;1-3-2;2*1-2/h3,5-6,9H,1,4H2,2H3;3H,1H2,2H3;2*1-2H3. The quantitative estimate of drug-likeness (QED) is 0.640. The summed E-state index contributed by atoms with van der Waals surface area (Å²) in [5, 5.41) is 0. The molecule has 1 aromatic heterocycles. The maximum Gasteiger partial charge on any atom is 0.0217 e. The molecule has 0 radical (unpaired) electrons. The van der Waals surface area contributed by atoms with Crippen molar-refractivity contribution in [3.8, 4) is 0 Å². The van der Waals surface area contributed by atoms with Crippen LogP contribution in [-0.4, -0.2) is 4.98 Å². The highest BCUT2D eigenvalue weighted by Gasteiger charge is 1.93. The molecule has 1 heteroatoms. The van der Waals surface area contributed by atoms with E-state index in [1.165, 1.54) is 11.3 Å². The first kappa shape index (κ1) is 20.2. The van der Waals surface area contributed by atoms with Crippen LogP contribution < -0.4 is 0 Å². The molecule has 0 saturated carbocycles. The predicted molar refractivity (Wildman–Crippen MR) is 78.8 cm³/mol. The number of H-pyrrole nitrogens is 1. The molecule has 0 aliphatic rings. The minimum absolute atomic E-state index is 1.05. The van der Waals surface area contributed by atoms with Crippen LogP contribution in [0, 0.1) is 0 Å². The lowest BCUT2D eigenvalue weighted by atomic mass is 10.2. The minimum atomic E-state index is 1.05. The van der Waals surface area contributed by atoms with Gasteiger partial charge in [-0.25, -0.2) is 0 Å². The molecule has 1 rings (SSSR count). The van der Waals surface area contributed by atoms with Crippen LogP contribution in [0.2, 0.25) is 0 Å². The van der Waals surface area contributed by atoms with Crippen molar-refractivity contribution < 1.29 is 0 Å². The van der Waals surface area contributed by atoms with Crippen LogP contribution in [0.25, 0.3) is 6.08 Å². The first-order valence-corrected chi connectivity index (χ1v) is 6.15. The fourth-order valence-electron chi connectivity index (χ4n) is 0.913. The smallest absolute Gasteiger partial charge is 0.0217 e. The predicted octanol–water partition coefficient (Wildman–Crippen LogP) is 5.46. The average molecular weight is 223 g/mol. The van der Waals surface area contributed by atoms with Gasteiger partial charge in [0.25, 0.3) is 0 Å². The van der Waals surface area contributed by atoms with Crippen molar-refractivity contribution >= 4 is 6.08 Å². The molecule has 16 heavy (non-hydrogen) atoms. The van der Waals surface area contributed by atoms with E-state index in [-0.39, 0.29) is 0 Å². The Bertz CT molecular complexity index is 233. The number of aromatic nitrogens is 1. The molecule has 0 fully saturated rings. The van der Waals surface area contributed by atoms with Crippen LogP contribution >= 0.6 is 0 Å². The third-order valence-corrected chi connectivity index (χ3v) is 1.44. The van der Waals surface area contributed by atoms with Crippen molar-refractivity contribution in [2.24, 2.45) is 0 Å². The number of nitrogens with one attached hydrogen (secondary N) is 1. The molecular formula is C15H29N. The third kappa shape index (κ3) is 10.8. The molecule has 0 spiro atoms. The van der Waals surface area contributed by atoms with Crippen molar-refractivity contribution in [1.82, 2.24) is 4.98 Å². The van der Waals surface area contributed by atoms with Gasteiger partial charge < -0.3 is 4.98 Å². The van der Waals surface area contributed by atoms with E-state index in [0.29, 0.717) is 0 Å². The average Bonchev–Trinajstić information content (AvgIpc) is 2.82. The Balaban J connectivity index is -0.000000206. The minimum Gasteiger partial charge on any atom is -0.364 e. The van der Waals surface area contributed by atoms with Crippen molar-refractivity contribution in [3.05, 3.63) is 42.8 Å². The molecule has 1 aromatic rings. The van der Waals surface area contributed by atoms with Gasteiger partial charge in [0.1, 0.15) is 0 Å². The SMILES string of the molecule is C=CC.C=Cc1cc[nH]c1CC.CC.CC. The van der Waals surface area contributed by atoms with E-state index < -0.39 is 0 Å². The van der Waals surface area contributed by atoms with Crippen molar-refractivity contribution in [1.29, 1.82) is 0 Å². The monoisotopic (exact) mass is 223 g/mol. The number of rotatable bonds is 2. The first-order chi connectivity index (χ1) is 7.79. The second-order valence-electron chi connectivity index (χ2n) is 2.38. The van der Waals surface area contributed by atoms with Crippen molar-refractivity contribution in [2.45, 2.75) is 48.0 Å². The summed E-state index contributed by atoms with van der Waals surface area (Å²) in [4.78, 5) is 3.14. The van der Waals surface area contributed by atoms with E-state index in [2.05, 4.69) is 25.1 Å². The van der Waals surface area contributed by atoms with Gasteiger partial charge in [0.15, 0.2) is 0 Å². The Morgan fingerprint density at radius 1 is 1.19 bits per heavy atom. The van der Waals surface area contributed by atoms with Gasteiger partial charge in [0.2, 0.25) is 0 Å². The van der Waals surface area contributed by atoms with Gasteiger partial charge in [-0.2, -0.15) is 0 Å². The zero-order valence-corrected chi connectivity index (χ0v) is 11.9. The molecule has 0 aliphatic carbocycles. The van der Waals surface area contributed by atoms with Gasteiger partial charge in [-0.05, 0) is 25.0 Å². The van der Waals surface area contributed by atoms with Gasteiger partial charge in [-0.1, -0.05) is 53.3 Å².